The van der Waals surface area contributed by atoms with Gasteiger partial charge in [-0.05, 0) is 20.3 Å². The van der Waals surface area contributed by atoms with Gasteiger partial charge in [0.2, 0.25) is 0 Å². The van der Waals surface area contributed by atoms with Crippen LogP contribution in [-0.2, 0) is 14.3 Å². The Morgan fingerprint density at radius 2 is 2.08 bits per heavy atom. The lowest BCUT2D eigenvalue weighted by molar-refractivity contribution is -0.150. The highest BCUT2D eigenvalue weighted by Crippen LogP contribution is 2.29. The van der Waals surface area contributed by atoms with Crippen molar-refractivity contribution in [2.75, 3.05) is 0 Å². The quantitative estimate of drug-likeness (QED) is 0.605. The lowest BCUT2D eigenvalue weighted by Gasteiger charge is -2.16. The Morgan fingerprint density at radius 1 is 1.42 bits per heavy atom. The summed E-state index contributed by atoms with van der Waals surface area (Å²) in [5.41, 5.74) is 0. The molecule has 1 rings (SSSR count). The fraction of sp³-hybridized carbons (Fsp3) is 0.889. The first kappa shape index (κ1) is 9.68. The summed E-state index contributed by atoms with van der Waals surface area (Å²) in [4.78, 5) is 10.6. The molecule has 12 heavy (non-hydrogen) atoms. The number of carbonyl (C=O) groups excluding carboxylic acids is 1. The molecule has 0 aromatic heterocycles. The van der Waals surface area contributed by atoms with Gasteiger partial charge in [-0.3, -0.25) is 0 Å². The third-order valence-corrected chi connectivity index (χ3v) is 1.93. The molecule has 1 aliphatic heterocycles. The number of hydrogen-bond acceptors (Lipinski definition) is 3. The van der Waals surface area contributed by atoms with Crippen LogP contribution >= 0.6 is 0 Å². The molecule has 0 aromatic rings. The zero-order valence-corrected chi connectivity index (χ0v) is 7.87. The maximum atomic E-state index is 10.6. The summed E-state index contributed by atoms with van der Waals surface area (Å²) in [7, 11) is 0. The molecule has 0 aromatic carbocycles. The molecule has 3 heteroatoms. The largest absolute Gasteiger partial charge is 0.344 e. The topological polar surface area (TPSA) is 35.5 Å². The summed E-state index contributed by atoms with van der Waals surface area (Å²) in [5, 5.41) is 0. The summed E-state index contributed by atoms with van der Waals surface area (Å²) in [6.45, 7) is 5.73. The smallest absolute Gasteiger partial charge is 0.164 e. The Labute approximate surface area is 73.0 Å². The van der Waals surface area contributed by atoms with Gasteiger partial charge in [0.05, 0.1) is 6.10 Å². The molecule has 1 aliphatic rings. The lowest BCUT2D eigenvalue weighted by atomic mass is 10.1. The van der Waals surface area contributed by atoms with E-state index in [4.69, 9.17) is 9.47 Å². The van der Waals surface area contributed by atoms with Gasteiger partial charge in [0.1, 0.15) is 6.10 Å². The van der Waals surface area contributed by atoms with Gasteiger partial charge in [0.15, 0.2) is 12.1 Å². The first-order valence-electron chi connectivity index (χ1n) is 4.40. The highest BCUT2D eigenvalue weighted by atomic mass is 16.8. The van der Waals surface area contributed by atoms with E-state index < -0.39 is 5.79 Å². The summed E-state index contributed by atoms with van der Waals surface area (Å²) < 4.78 is 10.9. The number of aldehydes is 1. The van der Waals surface area contributed by atoms with Crippen molar-refractivity contribution in [3.8, 4) is 0 Å². The molecule has 1 saturated heterocycles. The Morgan fingerprint density at radius 3 is 2.58 bits per heavy atom. The molecular formula is C9H16O3. The molecule has 0 amide bonds. The predicted octanol–water partition coefficient (Wildman–Crippen LogP) is 1.51. The third-order valence-electron chi connectivity index (χ3n) is 1.93. The Balaban J connectivity index is 2.56. The highest BCUT2D eigenvalue weighted by molar-refractivity contribution is 5.57. The zero-order chi connectivity index (χ0) is 9.19. The van der Waals surface area contributed by atoms with Crippen LogP contribution in [0, 0.1) is 0 Å². The Kier molecular flexibility index (Phi) is 2.85. The molecular weight excluding hydrogens is 156 g/mol. The molecule has 1 heterocycles. The third kappa shape index (κ3) is 2.05. The minimum absolute atomic E-state index is 0.0532. The van der Waals surface area contributed by atoms with E-state index in [-0.39, 0.29) is 12.2 Å². The van der Waals surface area contributed by atoms with E-state index in [1.807, 2.05) is 13.8 Å². The maximum Gasteiger partial charge on any atom is 0.164 e. The van der Waals surface area contributed by atoms with Crippen LogP contribution in [0.1, 0.15) is 33.6 Å². The molecule has 0 radical (unpaired) electrons. The van der Waals surface area contributed by atoms with E-state index in [0.29, 0.717) is 0 Å². The van der Waals surface area contributed by atoms with Gasteiger partial charge < -0.3 is 14.3 Å². The van der Waals surface area contributed by atoms with E-state index in [9.17, 15) is 4.79 Å². The van der Waals surface area contributed by atoms with Crippen molar-refractivity contribution in [1.29, 1.82) is 0 Å². The second-order valence-corrected chi connectivity index (χ2v) is 3.56. The molecule has 0 spiro atoms. The molecule has 2 atom stereocenters. The van der Waals surface area contributed by atoms with Crippen LogP contribution in [-0.4, -0.2) is 24.3 Å². The van der Waals surface area contributed by atoms with E-state index in [1.54, 1.807) is 0 Å². The predicted molar refractivity (Wildman–Crippen MR) is 44.8 cm³/mol. The highest BCUT2D eigenvalue weighted by Gasteiger charge is 2.40. The summed E-state index contributed by atoms with van der Waals surface area (Å²) in [6, 6.07) is 0. The van der Waals surface area contributed by atoms with Gasteiger partial charge in [-0.2, -0.15) is 0 Å². The Hall–Kier alpha value is -0.410. The molecule has 0 bridgehead atoms. The molecule has 2 unspecified atom stereocenters. The van der Waals surface area contributed by atoms with Gasteiger partial charge in [0, 0.05) is 0 Å². The van der Waals surface area contributed by atoms with Crippen molar-refractivity contribution in [2.24, 2.45) is 0 Å². The Bertz CT molecular complexity index is 165. The normalized spacial score (nSPS) is 33.6. The van der Waals surface area contributed by atoms with Crippen LogP contribution in [0.3, 0.4) is 0 Å². The van der Waals surface area contributed by atoms with Crippen LogP contribution in [0.25, 0.3) is 0 Å². The minimum Gasteiger partial charge on any atom is -0.344 e. The second-order valence-electron chi connectivity index (χ2n) is 3.56. The minimum atomic E-state index is -0.592. The monoisotopic (exact) mass is 172 g/mol. The van der Waals surface area contributed by atoms with Crippen molar-refractivity contribution in [3.63, 3.8) is 0 Å². The molecule has 1 fully saturated rings. The molecule has 0 N–H and O–H groups in total. The average Bonchev–Trinajstić information content (AvgIpc) is 2.26. The van der Waals surface area contributed by atoms with Gasteiger partial charge in [-0.1, -0.05) is 13.3 Å². The van der Waals surface area contributed by atoms with Crippen molar-refractivity contribution < 1.29 is 14.3 Å². The fourth-order valence-electron chi connectivity index (χ4n) is 1.49. The fourth-order valence-corrected chi connectivity index (χ4v) is 1.49. The average molecular weight is 172 g/mol. The van der Waals surface area contributed by atoms with Crippen LogP contribution in [0.2, 0.25) is 0 Å². The van der Waals surface area contributed by atoms with Crippen LogP contribution in [0.4, 0.5) is 0 Å². The first-order valence-corrected chi connectivity index (χ1v) is 4.40. The zero-order valence-electron chi connectivity index (χ0n) is 7.87. The van der Waals surface area contributed by atoms with Crippen molar-refractivity contribution in [1.82, 2.24) is 0 Å². The molecule has 0 aliphatic carbocycles. The first-order chi connectivity index (χ1) is 5.59. The van der Waals surface area contributed by atoms with Crippen molar-refractivity contribution in [2.45, 2.75) is 51.6 Å². The van der Waals surface area contributed by atoms with E-state index in [1.165, 1.54) is 0 Å². The SMILES string of the molecule is CCCC1OC(C)(C)OC1C=O. The van der Waals surface area contributed by atoms with Crippen LogP contribution < -0.4 is 0 Å². The van der Waals surface area contributed by atoms with Crippen LogP contribution in [0.5, 0.6) is 0 Å². The summed E-state index contributed by atoms with van der Waals surface area (Å²) in [5.74, 6) is -0.592. The van der Waals surface area contributed by atoms with Gasteiger partial charge in [-0.25, -0.2) is 0 Å². The molecule has 3 nitrogen and oxygen atoms in total. The second kappa shape index (κ2) is 3.54. The van der Waals surface area contributed by atoms with E-state index in [0.717, 1.165) is 19.1 Å². The van der Waals surface area contributed by atoms with Crippen LogP contribution in [0.15, 0.2) is 0 Å². The van der Waals surface area contributed by atoms with E-state index in [2.05, 4.69) is 6.92 Å². The van der Waals surface area contributed by atoms with Gasteiger partial charge in [-0.15, -0.1) is 0 Å². The standard InChI is InChI=1S/C9H16O3/c1-4-5-7-8(6-10)12-9(2,3)11-7/h6-8H,4-5H2,1-3H3. The van der Waals surface area contributed by atoms with Crippen molar-refractivity contribution in [3.05, 3.63) is 0 Å². The van der Waals surface area contributed by atoms with Crippen molar-refractivity contribution >= 4 is 6.29 Å². The molecule has 0 saturated carbocycles. The summed E-state index contributed by atoms with van der Waals surface area (Å²) in [6.07, 6.45) is 2.29. The van der Waals surface area contributed by atoms with E-state index >= 15 is 0 Å². The lowest BCUT2D eigenvalue weighted by Crippen LogP contribution is -2.23. The number of rotatable bonds is 3. The van der Waals surface area contributed by atoms with Gasteiger partial charge >= 0.3 is 0 Å². The number of ether oxygens (including phenoxy) is 2. The maximum absolute atomic E-state index is 10.6. The summed E-state index contributed by atoms with van der Waals surface area (Å²) >= 11 is 0. The van der Waals surface area contributed by atoms with Gasteiger partial charge in [0.25, 0.3) is 0 Å². The number of carbonyl (C=O) groups is 1. The number of hydrogen-bond donors (Lipinski definition) is 0. The molecule has 70 valence electrons.